The Labute approximate surface area is 195 Å². The van der Waals surface area contributed by atoms with Crippen molar-refractivity contribution in [2.75, 3.05) is 26.7 Å². The van der Waals surface area contributed by atoms with Gasteiger partial charge in [-0.3, -0.25) is 14.1 Å². The fourth-order valence-corrected chi connectivity index (χ4v) is 3.28. The summed E-state index contributed by atoms with van der Waals surface area (Å²) in [5.74, 6) is -3.12. The number of carbonyl (C=O) groups excluding carboxylic acids is 2. The first-order valence-electron chi connectivity index (χ1n) is 7.57. The van der Waals surface area contributed by atoms with E-state index in [1.54, 1.807) is 0 Å². The monoisotopic (exact) mass is 513 g/mol. The van der Waals surface area contributed by atoms with Gasteiger partial charge in [0, 0.05) is 0 Å². The summed E-state index contributed by atoms with van der Waals surface area (Å²) in [6, 6.07) is -1.53. The number of hydrogen-bond acceptors (Lipinski definition) is 10. The summed E-state index contributed by atoms with van der Waals surface area (Å²) in [7, 11) is -10.2. The molecular weight excluding hydrogens is 497 g/mol. The Bertz CT molecular complexity index is 812. The van der Waals surface area contributed by atoms with Crippen LogP contribution in [0.3, 0.4) is 0 Å². The van der Waals surface area contributed by atoms with Crippen LogP contribution in [0.15, 0.2) is 0 Å². The van der Waals surface area contributed by atoms with Gasteiger partial charge in [0.2, 0.25) is 10.4 Å². The molecule has 0 aliphatic carbocycles. The van der Waals surface area contributed by atoms with Crippen LogP contribution in [0.4, 0.5) is 17.6 Å². The minimum atomic E-state index is -5.21. The smallest absolute Gasteiger partial charge is 0.724 e. The van der Waals surface area contributed by atoms with E-state index in [4.69, 9.17) is 10.3 Å². The molecule has 0 saturated carbocycles. The summed E-state index contributed by atoms with van der Waals surface area (Å²) in [5, 5.41) is -0.146. The molecule has 0 radical (unpaired) electrons. The maximum Gasteiger partial charge on any atom is 1.00 e. The molecule has 2 heterocycles. The van der Waals surface area contributed by atoms with Crippen LogP contribution >= 0.6 is 0 Å². The van der Waals surface area contributed by atoms with Crippen molar-refractivity contribution in [1.29, 1.82) is 0 Å². The third-order valence-electron chi connectivity index (χ3n) is 4.49. The molecule has 0 aromatic carbocycles. The van der Waals surface area contributed by atoms with Gasteiger partial charge in [-0.25, -0.2) is 26.0 Å². The summed E-state index contributed by atoms with van der Waals surface area (Å²) < 4.78 is 117. The first-order valence-corrected chi connectivity index (χ1v) is 10.3. The average molecular weight is 513 g/mol. The van der Waals surface area contributed by atoms with E-state index in [-0.39, 0.29) is 39.7 Å². The summed E-state index contributed by atoms with van der Waals surface area (Å²) >= 11 is 0. The minimum Gasteiger partial charge on any atom is -0.724 e. The first kappa shape index (κ1) is 30.4. The van der Waals surface area contributed by atoms with E-state index in [0.29, 0.717) is 0 Å². The van der Waals surface area contributed by atoms with Gasteiger partial charge in [0.1, 0.15) is 38.3 Å². The first-order chi connectivity index (χ1) is 13.6. The number of amides is 2. The summed E-state index contributed by atoms with van der Waals surface area (Å²) in [5.41, 5.74) is 0.939. The Morgan fingerprint density at radius 3 is 1.68 bits per heavy atom. The van der Waals surface area contributed by atoms with Crippen molar-refractivity contribution in [1.82, 2.24) is 10.1 Å². The van der Waals surface area contributed by atoms with Crippen LogP contribution in [-0.4, -0.2) is 91.7 Å². The fraction of sp³-hybridized carbons (Fsp3) is 0.818. The Morgan fingerprint density at radius 1 is 0.968 bits per heavy atom. The van der Waals surface area contributed by atoms with Crippen LogP contribution in [0.25, 0.3) is 0 Å². The molecule has 0 unspecified atom stereocenters. The summed E-state index contributed by atoms with van der Waals surface area (Å²) in [6.07, 6.45) is 0. The van der Waals surface area contributed by atoms with Gasteiger partial charge >= 0.3 is 40.0 Å². The Morgan fingerprint density at radius 2 is 1.35 bits per heavy atom. The van der Waals surface area contributed by atoms with E-state index in [9.17, 15) is 48.5 Å². The molecule has 0 spiro atoms. The molecule has 2 aliphatic rings. The molecule has 0 aromatic rings. The molecule has 2 fully saturated rings. The van der Waals surface area contributed by atoms with Crippen LogP contribution in [0, 0.1) is 5.92 Å². The van der Waals surface area contributed by atoms with Crippen molar-refractivity contribution >= 4 is 32.6 Å². The van der Waals surface area contributed by atoms with Gasteiger partial charge in [-0.05, 0) is 0 Å². The van der Waals surface area contributed by atoms with Crippen LogP contribution in [0.1, 0.15) is 6.92 Å². The molecule has 2 atom stereocenters. The van der Waals surface area contributed by atoms with Gasteiger partial charge in [-0.2, -0.15) is 22.8 Å². The molecule has 13 nitrogen and oxygen atoms in total. The topological polar surface area (TPSA) is 197 Å². The van der Waals surface area contributed by atoms with Crippen LogP contribution in [0.2, 0.25) is 0 Å². The molecule has 0 bridgehead atoms. The van der Waals surface area contributed by atoms with E-state index in [0.717, 1.165) is 0 Å². The zero-order valence-electron chi connectivity index (χ0n) is 15.9. The molecule has 0 aromatic heterocycles. The largest absolute Gasteiger partial charge is 1.00 e. The van der Waals surface area contributed by atoms with Crippen LogP contribution in [-0.2, 0) is 39.0 Å². The molecule has 31 heavy (non-hydrogen) atoms. The number of nitrogens with two attached hydrogens (primary N) is 1. The Kier molecular flexibility index (Phi) is 10.3. The Balaban J connectivity index is 0.000000562. The van der Waals surface area contributed by atoms with Gasteiger partial charge < -0.3 is 10.3 Å². The van der Waals surface area contributed by atoms with Gasteiger partial charge in [-0.1, -0.05) is 6.92 Å². The van der Waals surface area contributed by atoms with Crippen molar-refractivity contribution in [2.45, 2.75) is 24.0 Å². The van der Waals surface area contributed by atoms with E-state index in [2.05, 4.69) is 8.57 Å². The molecule has 20 heteroatoms. The molecule has 2 rings (SSSR count). The zero-order valence-corrected chi connectivity index (χ0v) is 19.5. The van der Waals surface area contributed by atoms with Crippen molar-refractivity contribution in [3.63, 3.8) is 0 Å². The predicted molar refractivity (Wildman–Crippen MR) is 83.6 cm³/mol. The van der Waals surface area contributed by atoms with Crippen molar-refractivity contribution < 1.29 is 91.2 Å². The molecule has 3 N–H and O–H groups in total. The van der Waals surface area contributed by atoms with E-state index in [1.807, 2.05) is 0 Å². The van der Waals surface area contributed by atoms with Gasteiger partial charge in [0.15, 0.2) is 5.54 Å². The predicted octanol–water partition coefficient (Wildman–Crippen LogP) is -4.89. The summed E-state index contributed by atoms with van der Waals surface area (Å²) in [6.45, 7) is -4.28. The van der Waals surface area contributed by atoms with Crippen molar-refractivity contribution in [3.05, 3.63) is 0 Å². The number of rotatable bonds is 8. The van der Waals surface area contributed by atoms with E-state index >= 15 is 0 Å². The van der Waals surface area contributed by atoms with E-state index in [1.165, 1.54) is 6.92 Å². The number of β-lactam (4-membered cyclic amide) rings is 2. The number of hydroxylamine groups is 4. The maximum atomic E-state index is 12.5. The second-order valence-corrected chi connectivity index (χ2v) is 8.16. The molecular formula is C11H16F4N3NaO10S2. The normalized spacial score (nSPS) is 24.4. The maximum absolute atomic E-state index is 12.5. The third kappa shape index (κ3) is 5.84. The van der Waals surface area contributed by atoms with Gasteiger partial charge in [0.05, 0.1) is 5.92 Å². The minimum absolute atomic E-state index is 0. The molecule has 176 valence electrons. The number of alkyl halides is 4. The summed E-state index contributed by atoms with van der Waals surface area (Å²) in [4.78, 5) is 22.0. The number of hydrogen-bond donors (Lipinski definition) is 2. The Hall–Kier alpha value is -0.640. The molecule has 2 saturated heterocycles. The second-order valence-electron chi connectivity index (χ2n) is 6.19. The second kappa shape index (κ2) is 10.5. The van der Waals surface area contributed by atoms with Crippen molar-refractivity contribution in [3.8, 4) is 0 Å². The number of carbonyl (C=O) groups is 2. The standard InChI is InChI=1S/C6H9F2NO5S.C5H8F2N2O5S.Na/c1-4-5(10)9(14-15(11,12)13)6(4,2-7)3-8;6-1-5(2-7)3(8)4(10)9(5)14-15(11,12)13;/h4H,2-3H2,1H3,(H,11,12,13);3H,1-2,8H2,(H,11,12,13);/q;;+1/p-1/t4-;3-;/m11./s1. The average Bonchev–Trinajstić information content (AvgIpc) is 2.66. The quantitative estimate of drug-likeness (QED) is 0.104. The third-order valence-corrected chi connectivity index (χ3v) is 5.16. The van der Waals surface area contributed by atoms with Gasteiger partial charge in [-0.15, -0.1) is 4.28 Å². The fourth-order valence-electron chi connectivity index (χ4n) is 2.46. The zero-order chi connectivity index (χ0) is 23.7. The van der Waals surface area contributed by atoms with Crippen LogP contribution in [0.5, 0.6) is 0 Å². The van der Waals surface area contributed by atoms with Crippen LogP contribution < -0.4 is 35.3 Å². The van der Waals surface area contributed by atoms with E-state index < -0.39 is 82.3 Å². The van der Waals surface area contributed by atoms with Gasteiger partial charge in [0.25, 0.3) is 11.8 Å². The molecule has 2 aliphatic heterocycles. The SMILES string of the molecule is C[C@@H]1C(=O)N(OS(=O)(=O)[O-])C1(CF)CF.N[C@@H]1C(=O)N(OS(=O)(=O)O)C1(CF)CF.[Na+]. The number of nitrogens with zero attached hydrogens (tertiary/aromatic N) is 2. The van der Waals surface area contributed by atoms with Crippen molar-refractivity contribution in [2.24, 2.45) is 11.7 Å². The number of halogens is 4. The molecule has 2 amide bonds.